The van der Waals surface area contributed by atoms with E-state index in [1.165, 1.54) is 0 Å². The second-order valence-corrected chi connectivity index (χ2v) is 8.99. The lowest BCUT2D eigenvalue weighted by atomic mass is 10.0. The maximum Gasteiger partial charge on any atom is 0.326 e. The molecule has 0 saturated heterocycles. The van der Waals surface area contributed by atoms with Gasteiger partial charge in [0.05, 0.1) is 12.5 Å². The Bertz CT molecular complexity index is 755. The van der Waals surface area contributed by atoms with Gasteiger partial charge in [-0.1, -0.05) is 27.7 Å². The van der Waals surface area contributed by atoms with Crippen LogP contribution in [0.3, 0.4) is 0 Å². The van der Waals surface area contributed by atoms with Gasteiger partial charge in [-0.2, -0.15) is 0 Å². The number of aliphatic carboxylic acids is 2. The highest BCUT2D eigenvalue weighted by atomic mass is 16.4. The quantitative estimate of drug-likeness (QED) is 0.137. The Morgan fingerprint density at radius 2 is 1.18 bits per heavy atom. The van der Waals surface area contributed by atoms with Crippen LogP contribution in [-0.2, 0) is 28.8 Å². The molecule has 0 bridgehead atoms. The number of rotatable bonds is 16. The van der Waals surface area contributed by atoms with Crippen molar-refractivity contribution < 1.29 is 39.0 Å². The topological polar surface area (TPSA) is 231 Å². The van der Waals surface area contributed by atoms with Gasteiger partial charge in [0.1, 0.15) is 18.1 Å². The molecule has 4 atom stereocenters. The molecule has 194 valence electrons. The van der Waals surface area contributed by atoms with Crippen molar-refractivity contribution in [3.05, 3.63) is 0 Å². The fourth-order valence-corrected chi connectivity index (χ4v) is 3.06. The minimum absolute atomic E-state index is 0.0410. The van der Waals surface area contributed by atoms with Crippen molar-refractivity contribution in [2.24, 2.45) is 23.3 Å². The third-order valence-corrected chi connectivity index (χ3v) is 4.71. The summed E-state index contributed by atoms with van der Waals surface area (Å²) < 4.78 is 0. The van der Waals surface area contributed by atoms with E-state index in [0.717, 1.165) is 0 Å². The van der Waals surface area contributed by atoms with E-state index < -0.39 is 66.2 Å². The maximum absolute atomic E-state index is 12.9. The lowest BCUT2D eigenvalue weighted by molar-refractivity contribution is -0.143. The summed E-state index contributed by atoms with van der Waals surface area (Å²) in [7, 11) is 0. The number of amides is 4. The smallest absolute Gasteiger partial charge is 0.326 e. The molecule has 9 N–H and O–H groups in total. The summed E-state index contributed by atoms with van der Waals surface area (Å²) in [6.45, 7) is 7.12. The van der Waals surface area contributed by atoms with Crippen LogP contribution in [-0.4, -0.2) is 69.9 Å². The Morgan fingerprint density at radius 3 is 1.62 bits per heavy atom. The average molecular weight is 488 g/mol. The van der Waals surface area contributed by atoms with Crippen molar-refractivity contribution in [2.45, 2.75) is 84.0 Å². The molecule has 0 heterocycles. The van der Waals surface area contributed by atoms with Crippen LogP contribution in [0.5, 0.6) is 0 Å². The summed E-state index contributed by atoms with van der Waals surface area (Å²) in [6.07, 6.45) is -0.803. The van der Waals surface area contributed by atoms with Gasteiger partial charge in [-0.3, -0.25) is 24.0 Å². The summed E-state index contributed by atoms with van der Waals surface area (Å²) in [4.78, 5) is 71.5. The first kappa shape index (κ1) is 30.8. The number of hydrogen-bond acceptors (Lipinski definition) is 7. The number of hydrogen-bond donors (Lipinski definition) is 7. The molecule has 13 heteroatoms. The molecule has 4 unspecified atom stereocenters. The fourth-order valence-electron chi connectivity index (χ4n) is 3.06. The maximum atomic E-state index is 12.9. The average Bonchev–Trinajstić information content (AvgIpc) is 2.68. The zero-order valence-corrected chi connectivity index (χ0v) is 20.0. The lowest BCUT2D eigenvalue weighted by Gasteiger charge is -2.26. The van der Waals surface area contributed by atoms with E-state index in [1.807, 2.05) is 0 Å². The van der Waals surface area contributed by atoms with E-state index in [0.29, 0.717) is 0 Å². The molecule has 0 fully saturated rings. The van der Waals surface area contributed by atoms with Crippen LogP contribution >= 0.6 is 0 Å². The summed E-state index contributed by atoms with van der Waals surface area (Å²) >= 11 is 0. The first-order valence-corrected chi connectivity index (χ1v) is 11.0. The molecular formula is C21H37N5O8. The van der Waals surface area contributed by atoms with Gasteiger partial charge >= 0.3 is 11.9 Å². The second-order valence-electron chi connectivity index (χ2n) is 8.99. The van der Waals surface area contributed by atoms with Gasteiger partial charge in [-0.15, -0.1) is 0 Å². The van der Waals surface area contributed by atoms with Gasteiger partial charge in [-0.05, 0) is 31.1 Å². The molecule has 0 radical (unpaired) electrons. The molecule has 34 heavy (non-hydrogen) atoms. The lowest BCUT2D eigenvalue weighted by Crippen LogP contribution is -2.57. The van der Waals surface area contributed by atoms with Gasteiger partial charge in [0.25, 0.3) is 0 Å². The highest BCUT2D eigenvalue weighted by Crippen LogP contribution is 2.09. The van der Waals surface area contributed by atoms with Gasteiger partial charge in [0, 0.05) is 6.42 Å². The third kappa shape index (κ3) is 12.7. The molecular weight excluding hydrogens is 450 g/mol. The number of carbonyl (C=O) groups excluding carboxylic acids is 4. The predicted molar refractivity (Wildman–Crippen MR) is 121 cm³/mol. The first-order chi connectivity index (χ1) is 15.6. The van der Waals surface area contributed by atoms with Crippen LogP contribution in [0.25, 0.3) is 0 Å². The zero-order chi connectivity index (χ0) is 26.6. The number of carboxylic acid groups (broad SMARTS) is 2. The van der Waals surface area contributed by atoms with Gasteiger partial charge < -0.3 is 37.6 Å². The van der Waals surface area contributed by atoms with Gasteiger partial charge in [-0.25, -0.2) is 4.79 Å². The van der Waals surface area contributed by atoms with E-state index in [2.05, 4.69) is 16.0 Å². The first-order valence-electron chi connectivity index (χ1n) is 11.0. The largest absolute Gasteiger partial charge is 0.481 e. The molecule has 0 aliphatic heterocycles. The number of nitrogens with two attached hydrogens (primary N) is 2. The van der Waals surface area contributed by atoms with Crippen LogP contribution in [0, 0.1) is 11.8 Å². The van der Waals surface area contributed by atoms with E-state index in [-0.39, 0.29) is 37.5 Å². The summed E-state index contributed by atoms with van der Waals surface area (Å²) in [5, 5.41) is 25.4. The highest BCUT2D eigenvalue weighted by molar-refractivity contribution is 5.95. The molecule has 0 aliphatic rings. The molecule has 13 nitrogen and oxygen atoms in total. The van der Waals surface area contributed by atoms with Gasteiger partial charge in [0.2, 0.25) is 23.6 Å². The molecule has 0 aromatic rings. The number of nitrogens with one attached hydrogen (secondary N) is 3. The monoisotopic (exact) mass is 487 g/mol. The van der Waals surface area contributed by atoms with Crippen molar-refractivity contribution >= 4 is 35.6 Å². The van der Waals surface area contributed by atoms with Crippen LogP contribution in [0.15, 0.2) is 0 Å². The normalized spacial score (nSPS) is 14.6. The van der Waals surface area contributed by atoms with Crippen LogP contribution in [0.4, 0.5) is 0 Å². The molecule has 0 aromatic carbocycles. The SMILES string of the molecule is CC(C)CC(NC(=O)C(CCC(N)=O)NC(=O)C(CC(C)C)NC(=O)C(N)CC(=O)O)C(=O)O. The van der Waals surface area contributed by atoms with Crippen molar-refractivity contribution in [2.75, 3.05) is 0 Å². The molecule has 0 spiro atoms. The summed E-state index contributed by atoms with van der Waals surface area (Å²) in [5.74, 6) is -5.83. The Balaban J connectivity index is 5.59. The van der Waals surface area contributed by atoms with E-state index in [9.17, 15) is 33.9 Å². The Labute approximate surface area is 198 Å². The minimum Gasteiger partial charge on any atom is -0.481 e. The zero-order valence-electron chi connectivity index (χ0n) is 20.0. The molecule has 0 aromatic heterocycles. The molecule has 0 aliphatic carbocycles. The van der Waals surface area contributed by atoms with Crippen molar-refractivity contribution in [3.8, 4) is 0 Å². The van der Waals surface area contributed by atoms with E-state index in [4.69, 9.17) is 16.6 Å². The van der Waals surface area contributed by atoms with Crippen LogP contribution in [0.1, 0.15) is 59.8 Å². The van der Waals surface area contributed by atoms with E-state index >= 15 is 0 Å². The molecule has 0 rings (SSSR count). The molecule has 4 amide bonds. The summed E-state index contributed by atoms with van der Waals surface area (Å²) in [6, 6.07) is -5.04. The number of primary amides is 1. The van der Waals surface area contributed by atoms with Gasteiger partial charge in [0.15, 0.2) is 0 Å². The van der Waals surface area contributed by atoms with E-state index in [1.54, 1.807) is 27.7 Å². The Kier molecular flexibility index (Phi) is 13.4. The Hall–Kier alpha value is -3.22. The second kappa shape index (κ2) is 14.8. The molecule has 0 saturated carbocycles. The number of carboxylic acids is 2. The van der Waals surface area contributed by atoms with Crippen LogP contribution < -0.4 is 27.4 Å². The van der Waals surface area contributed by atoms with Crippen molar-refractivity contribution in [1.82, 2.24) is 16.0 Å². The van der Waals surface area contributed by atoms with Crippen LogP contribution in [0.2, 0.25) is 0 Å². The minimum atomic E-state index is -1.39. The highest BCUT2D eigenvalue weighted by Gasteiger charge is 2.31. The number of carbonyl (C=O) groups is 6. The standard InChI is InChI=1S/C21H37N5O8/c1-10(2)7-14(25-18(30)12(22)9-17(28)29)20(32)24-13(5-6-16(23)27)19(31)26-15(21(33)34)8-11(3)4/h10-15H,5-9,22H2,1-4H3,(H2,23,27)(H,24,32)(H,25,30)(H,26,31)(H,28,29)(H,33,34). The Morgan fingerprint density at radius 1 is 0.735 bits per heavy atom. The van der Waals surface area contributed by atoms with Crippen molar-refractivity contribution in [1.29, 1.82) is 0 Å². The fraction of sp³-hybridized carbons (Fsp3) is 0.714. The third-order valence-electron chi connectivity index (χ3n) is 4.71. The predicted octanol–water partition coefficient (Wildman–Crippen LogP) is -1.31. The van der Waals surface area contributed by atoms with Crippen molar-refractivity contribution in [3.63, 3.8) is 0 Å². The summed E-state index contributed by atoms with van der Waals surface area (Å²) in [5.41, 5.74) is 10.7.